The van der Waals surface area contributed by atoms with Gasteiger partial charge < -0.3 is 10.1 Å². The van der Waals surface area contributed by atoms with Gasteiger partial charge in [0.25, 0.3) is 0 Å². The lowest BCUT2D eigenvalue weighted by atomic mass is 9.63. The molecule has 1 aromatic heterocycles. The van der Waals surface area contributed by atoms with E-state index in [2.05, 4.69) is 10.3 Å². The molecular formula is C12H13F3N2O. The average molecular weight is 258 g/mol. The topological polar surface area (TPSA) is 34.1 Å². The Kier molecular flexibility index (Phi) is 2.52. The quantitative estimate of drug-likeness (QED) is 0.883. The van der Waals surface area contributed by atoms with Crippen molar-refractivity contribution < 1.29 is 17.9 Å². The predicted octanol–water partition coefficient (Wildman–Crippen LogP) is 2.23. The number of pyridine rings is 1. The predicted molar refractivity (Wildman–Crippen MR) is 58.2 cm³/mol. The summed E-state index contributed by atoms with van der Waals surface area (Å²) in [7, 11) is 0. The van der Waals surface area contributed by atoms with Crippen molar-refractivity contribution in [2.24, 2.45) is 5.41 Å². The van der Waals surface area contributed by atoms with Crippen molar-refractivity contribution in [2.75, 3.05) is 13.1 Å². The first-order valence-corrected chi connectivity index (χ1v) is 5.88. The fourth-order valence-corrected chi connectivity index (χ4v) is 2.57. The lowest BCUT2D eigenvalue weighted by Gasteiger charge is -2.53. The van der Waals surface area contributed by atoms with E-state index in [0.717, 1.165) is 38.2 Å². The minimum absolute atomic E-state index is 0.116. The molecule has 98 valence electrons. The van der Waals surface area contributed by atoms with Crippen LogP contribution in [-0.2, 0) is 6.18 Å². The highest BCUT2D eigenvalue weighted by molar-refractivity contribution is 5.22. The van der Waals surface area contributed by atoms with Crippen molar-refractivity contribution in [3.63, 3.8) is 0 Å². The van der Waals surface area contributed by atoms with Gasteiger partial charge >= 0.3 is 6.18 Å². The van der Waals surface area contributed by atoms with Crippen LogP contribution >= 0.6 is 0 Å². The number of hydrogen-bond donors (Lipinski definition) is 1. The average Bonchev–Trinajstić information content (AvgIpc) is 2.19. The van der Waals surface area contributed by atoms with E-state index in [9.17, 15) is 13.2 Å². The number of aromatic nitrogens is 1. The Morgan fingerprint density at radius 3 is 2.44 bits per heavy atom. The van der Waals surface area contributed by atoms with E-state index in [1.54, 1.807) is 0 Å². The number of nitrogens with one attached hydrogen (secondary N) is 1. The van der Waals surface area contributed by atoms with Crippen LogP contribution in [0.15, 0.2) is 18.3 Å². The molecule has 1 aliphatic heterocycles. The van der Waals surface area contributed by atoms with E-state index in [1.165, 1.54) is 6.07 Å². The third kappa shape index (κ3) is 2.05. The summed E-state index contributed by atoms with van der Waals surface area (Å²) >= 11 is 0. The Balaban J connectivity index is 1.57. The zero-order valence-corrected chi connectivity index (χ0v) is 9.63. The Labute approximate surface area is 102 Å². The highest BCUT2D eigenvalue weighted by Gasteiger charge is 2.49. The van der Waals surface area contributed by atoms with Crippen molar-refractivity contribution in [1.82, 2.24) is 10.3 Å². The van der Waals surface area contributed by atoms with Crippen LogP contribution in [0.25, 0.3) is 0 Å². The van der Waals surface area contributed by atoms with Gasteiger partial charge in [-0.1, -0.05) is 0 Å². The van der Waals surface area contributed by atoms with Crippen molar-refractivity contribution in [3.05, 3.63) is 24.0 Å². The molecule has 2 aliphatic rings. The van der Waals surface area contributed by atoms with Crippen LogP contribution in [-0.4, -0.2) is 24.2 Å². The Morgan fingerprint density at radius 2 is 2.00 bits per heavy atom. The van der Waals surface area contributed by atoms with Gasteiger partial charge in [0, 0.05) is 18.5 Å². The second-order valence-electron chi connectivity index (χ2n) is 5.13. The maximum absolute atomic E-state index is 12.3. The van der Waals surface area contributed by atoms with E-state index in [0.29, 0.717) is 11.2 Å². The normalized spacial score (nSPS) is 22.4. The number of ether oxygens (including phenoxy) is 1. The van der Waals surface area contributed by atoms with Crippen LogP contribution in [0.2, 0.25) is 0 Å². The van der Waals surface area contributed by atoms with Crippen molar-refractivity contribution >= 4 is 0 Å². The molecule has 3 nitrogen and oxygen atoms in total. The lowest BCUT2D eigenvalue weighted by molar-refractivity contribution is -0.141. The van der Waals surface area contributed by atoms with Crippen molar-refractivity contribution in [3.8, 4) is 5.75 Å². The van der Waals surface area contributed by atoms with Crippen molar-refractivity contribution in [2.45, 2.75) is 25.1 Å². The molecule has 1 aromatic rings. The van der Waals surface area contributed by atoms with Gasteiger partial charge in [0.05, 0.1) is 6.20 Å². The molecule has 1 saturated heterocycles. The van der Waals surface area contributed by atoms with E-state index in [-0.39, 0.29) is 6.10 Å². The molecule has 0 radical (unpaired) electrons. The number of halogens is 3. The van der Waals surface area contributed by atoms with Gasteiger partial charge in [0.2, 0.25) is 0 Å². The summed E-state index contributed by atoms with van der Waals surface area (Å²) < 4.78 is 42.5. The third-order valence-electron chi connectivity index (χ3n) is 3.65. The van der Waals surface area contributed by atoms with Gasteiger partial charge in [-0.15, -0.1) is 0 Å². The molecule has 0 aromatic carbocycles. The third-order valence-corrected chi connectivity index (χ3v) is 3.65. The molecule has 1 spiro atoms. The van der Waals surface area contributed by atoms with E-state index in [1.807, 2.05) is 0 Å². The lowest BCUT2D eigenvalue weighted by Crippen LogP contribution is -2.62. The summed E-state index contributed by atoms with van der Waals surface area (Å²) in [6, 6.07) is 2.29. The molecule has 6 heteroatoms. The molecule has 2 fully saturated rings. The second-order valence-corrected chi connectivity index (χ2v) is 5.13. The van der Waals surface area contributed by atoms with Gasteiger partial charge in [-0.05, 0) is 25.0 Å². The molecule has 1 saturated carbocycles. The van der Waals surface area contributed by atoms with E-state index < -0.39 is 11.9 Å². The van der Waals surface area contributed by atoms with Gasteiger partial charge in [-0.25, -0.2) is 4.98 Å². The standard InChI is InChI=1S/C12H13F3N2O/c13-12(14,15)10-2-1-8(5-17-10)18-9-3-11(4-9)6-16-7-11/h1-2,5,9,16H,3-4,6-7H2. The number of nitrogens with zero attached hydrogens (tertiary/aromatic N) is 1. The summed E-state index contributed by atoms with van der Waals surface area (Å²) in [5.74, 6) is 0.412. The first-order valence-electron chi connectivity index (χ1n) is 5.88. The van der Waals surface area contributed by atoms with E-state index >= 15 is 0 Å². The minimum atomic E-state index is -4.39. The first-order chi connectivity index (χ1) is 8.47. The van der Waals surface area contributed by atoms with Crippen LogP contribution in [0.4, 0.5) is 13.2 Å². The second kappa shape index (κ2) is 3.85. The molecule has 0 bridgehead atoms. The fraction of sp³-hybridized carbons (Fsp3) is 0.583. The molecule has 3 rings (SSSR count). The minimum Gasteiger partial charge on any atom is -0.489 e. The monoisotopic (exact) mass is 258 g/mol. The largest absolute Gasteiger partial charge is 0.489 e. The Morgan fingerprint density at radius 1 is 1.28 bits per heavy atom. The number of hydrogen-bond acceptors (Lipinski definition) is 3. The summed E-state index contributed by atoms with van der Waals surface area (Å²) in [4.78, 5) is 3.37. The molecular weight excluding hydrogens is 245 g/mol. The molecule has 1 aliphatic carbocycles. The number of rotatable bonds is 2. The van der Waals surface area contributed by atoms with Crippen LogP contribution in [0, 0.1) is 5.41 Å². The Bertz CT molecular complexity index is 432. The maximum atomic E-state index is 12.3. The summed E-state index contributed by atoms with van der Waals surface area (Å²) in [6.45, 7) is 2.05. The maximum Gasteiger partial charge on any atom is 0.433 e. The van der Waals surface area contributed by atoms with Crippen LogP contribution in [0.3, 0.4) is 0 Å². The van der Waals surface area contributed by atoms with Gasteiger partial charge in [-0.3, -0.25) is 0 Å². The molecule has 0 atom stereocenters. The van der Waals surface area contributed by atoms with E-state index in [4.69, 9.17) is 4.74 Å². The van der Waals surface area contributed by atoms with Gasteiger partial charge in [0.1, 0.15) is 17.5 Å². The SMILES string of the molecule is FC(F)(F)c1ccc(OC2CC3(CNC3)C2)cn1. The Hall–Kier alpha value is -1.30. The highest BCUT2D eigenvalue weighted by Crippen LogP contribution is 2.45. The zero-order valence-electron chi connectivity index (χ0n) is 9.63. The molecule has 1 N–H and O–H groups in total. The van der Waals surface area contributed by atoms with Gasteiger partial charge in [0.15, 0.2) is 0 Å². The fourth-order valence-electron chi connectivity index (χ4n) is 2.57. The molecule has 0 amide bonds. The zero-order chi connectivity index (χ0) is 12.8. The molecule has 0 unspecified atom stereocenters. The number of alkyl halides is 3. The molecule has 18 heavy (non-hydrogen) atoms. The van der Waals surface area contributed by atoms with Crippen molar-refractivity contribution in [1.29, 1.82) is 0 Å². The van der Waals surface area contributed by atoms with Crippen LogP contribution in [0.5, 0.6) is 5.75 Å². The first kappa shape index (κ1) is 11.8. The van der Waals surface area contributed by atoms with Gasteiger partial charge in [-0.2, -0.15) is 13.2 Å². The highest BCUT2D eigenvalue weighted by atomic mass is 19.4. The summed E-state index contributed by atoms with van der Waals surface area (Å²) in [5.41, 5.74) is -0.493. The van der Waals surface area contributed by atoms with Crippen LogP contribution < -0.4 is 10.1 Å². The summed E-state index contributed by atoms with van der Waals surface area (Å²) in [6.07, 6.45) is -1.18. The molecule has 2 heterocycles. The summed E-state index contributed by atoms with van der Waals surface area (Å²) in [5, 5.41) is 3.22. The van der Waals surface area contributed by atoms with Crippen LogP contribution in [0.1, 0.15) is 18.5 Å². The smallest absolute Gasteiger partial charge is 0.433 e.